The number of fused-ring (bicyclic) bond motifs is 1. The third-order valence-electron chi connectivity index (χ3n) is 4.48. The van der Waals surface area contributed by atoms with Gasteiger partial charge in [-0.05, 0) is 29.7 Å². The number of amides is 1. The number of hydrogen-bond donors (Lipinski definition) is 1. The predicted octanol–water partition coefficient (Wildman–Crippen LogP) is 4.13. The molecule has 1 aliphatic rings. The molecular formula is C20H18Cl2N2O7. The number of benzene rings is 2. The SMILES string of the molecule is CC(C)[C@H](NC(=O)c1ccc([N+](=O)[O-])cc1Cl)C(=O)OCc1cc(Cl)c2c(c1)OCO2. The molecule has 0 saturated heterocycles. The lowest BCUT2D eigenvalue weighted by atomic mass is 10.0. The summed E-state index contributed by atoms with van der Waals surface area (Å²) in [6.07, 6.45) is 0. The Morgan fingerprint density at radius 1 is 1.19 bits per heavy atom. The second-order valence-corrected chi connectivity index (χ2v) is 7.85. The molecule has 0 aromatic heterocycles. The standard InChI is InChI=1S/C20H18Cl2N2O7/c1-10(2)17(23-19(25)13-4-3-12(24(27)28)7-14(13)21)20(26)29-8-11-5-15(22)18-16(6-11)30-9-31-18/h3-7,10,17H,8-9H2,1-2H3,(H,23,25)/t17-/m0/s1. The van der Waals surface area contributed by atoms with E-state index in [1.807, 2.05) is 0 Å². The number of esters is 1. The molecule has 9 nitrogen and oxygen atoms in total. The Labute approximate surface area is 187 Å². The Morgan fingerprint density at radius 2 is 1.94 bits per heavy atom. The van der Waals surface area contributed by atoms with Gasteiger partial charge >= 0.3 is 5.97 Å². The first-order valence-corrected chi connectivity index (χ1v) is 9.92. The van der Waals surface area contributed by atoms with Crippen LogP contribution >= 0.6 is 23.2 Å². The van der Waals surface area contributed by atoms with Crippen LogP contribution in [0.25, 0.3) is 0 Å². The van der Waals surface area contributed by atoms with Gasteiger partial charge in [-0.1, -0.05) is 37.0 Å². The molecule has 2 aromatic carbocycles. The second-order valence-electron chi connectivity index (χ2n) is 7.04. The highest BCUT2D eigenvalue weighted by atomic mass is 35.5. The lowest BCUT2D eigenvalue weighted by Gasteiger charge is -2.21. The first kappa shape index (κ1) is 22.6. The number of halogens is 2. The Hall–Kier alpha value is -3.04. The topological polar surface area (TPSA) is 117 Å². The highest BCUT2D eigenvalue weighted by Crippen LogP contribution is 2.40. The molecule has 164 valence electrons. The van der Waals surface area contributed by atoms with E-state index in [1.165, 1.54) is 6.07 Å². The van der Waals surface area contributed by atoms with E-state index in [9.17, 15) is 19.7 Å². The van der Waals surface area contributed by atoms with Crippen molar-refractivity contribution in [2.75, 3.05) is 6.79 Å². The summed E-state index contributed by atoms with van der Waals surface area (Å²) in [7, 11) is 0. The van der Waals surface area contributed by atoms with Gasteiger partial charge in [0.2, 0.25) is 6.79 Å². The maximum absolute atomic E-state index is 12.6. The number of carbonyl (C=O) groups is 2. The first-order chi connectivity index (χ1) is 14.7. The van der Waals surface area contributed by atoms with Gasteiger partial charge in [-0.2, -0.15) is 0 Å². The van der Waals surface area contributed by atoms with Gasteiger partial charge in [0.25, 0.3) is 11.6 Å². The minimum atomic E-state index is -0.969. The van der Waals surface area contributed by atoms with Crippen molar-refractivity contribution in [2.24, 2.45) is 5.92 Å². The summed E-state index contributed by atoms with van der Waals surface area (Å²) in [6.45, 7) is 3.44. The van der Waals surface area contributed by atoms with E-state index in [1.54, 1.807) is 26.0 Å². The fourth-order valence-electron chi connectivity index (χ4n) is 2.87. The molecule has 1 N–H and O–H groups in total. The van der Waals surface area contributed by atoms with Gasteiger partial charge in [0.15, 0.2) is 11.5 Å². The molecule has 3 rings (SSSR count). The molecule has 11 heteroatoms. The summed E-state index contributed by atoms with van der Waals surface area (Å²) in [4.78, 5) is 35.4. The van der Waals surface area contributed by atoms with Gasteiger partial charge in [0.1, 0.15) is 12.6 Å². The number of nitro benzene ring substituents is 1. The number of carbonyl (C=O) groups excluding carboxylic acids is 2. The molecule has 0 spiro atoms. The maximum Gasteiger partial charge on any atom is 0.329 e. The zero-order chi connectivity index (χ0) is 22.7. The van der Waals surface area contributed by atoms with Crippen LogP contribution in [0.1, 0.15) is 29.8 Å². The highest BCUT2D eigenvalue weighted by Gasteiger charge is 2.28. The normalized spacial score (nSPS) is 13.1. The van der Waals surface area contributed by atoms with Gasteiger partial charge in [0.05, 0.1) is 20.5 Å². The van der Waals surface area contributed by atoms with Crippen molar-refractivity contribution in [1.29, 1.82) is 0 Å². The molecular weight excluding hydrogens is 451 g/mol. The third kappa shape index (κ3) is 5.18. The lowest BCUT2D eigenvalue weighted by Crippen LogP contribution is -2.45. The van der Waals surface area contributed by atoms with Crippen LogP contribution < -0.4 is 14.8 Å². The summed E-state index contributed by atoms with van der Waals surface area (Å²) >= 11 is 12.1. The van der Waals surface area contributed by atoms with Crippen LogP contribution in [-0.4, -0.2) is 29.6 Å². The molecule has 0 aliphatic carbocycles. The minimum Gasteiger partial charge on any atom is -0.459 e. The van der Waals surface area contributed by atoms with Crippen molar-refractivity contribution in [3.63, 3.8) is 0 Å². The number of nitrogens with one attached hydrogen (secondary N) is 1. The first-order valence-electron chi connectivity index (χ1n) is 9.17. The zero-order valence-electron chi connectivity index (χ0n) is 16.5. The average Bonchev–Trinajstić information content (AvgIpc) is 3.19. The van der Waals surface area contributed by atoms with E-state index in [0.29, 0.717) is 22.1 Å². The lowest BCUT2D eigenvalue weighted by molar-refractivity contribution is -0.384. The molecule has 1 atom stereocenters. The van der Waals surface area contributed by atoms with Crippen LogP contribution in [0.15, 0.2) is 30.3 Å². The largest absolute Gasteiger partial charge is 0.459 e. The van der Waals surface area contributed by atoms with Crippen LogP contribution in [0.2, 0.25) is 10.0 Å². The van der Waals surface area contributed by atoms with Crippen molar-refractivity contribution in [1.82, 2.24) is 5.32 Å². The minimum absolute atomic E-state index is 0.00766. The van der Waals surface area contributed by atoms with Gasteiger partial charge in [-0.3, -0.25) is 14.9 Å². The van der Waals surface area contributed by atoms with Gasteiger partial charge in [-0.25, -0.2) is 4.79 Å². The van der Waals surface area contributed by atoms with E-state index >= 15 is 0 Å². The molecule has 0 bridgehead atoms. The fraction of sp³-hybridized carbons (Fsp3) is 0.300. The summed E-state index contributed by atoms with van der Waals surface area (Å²) < 4.78 is 15.9. The summed E-state index contributed by atoms with van der Waals surface area (Å²) in [5.41, 5.74) is 0.354. The van der Waals surface area contributed by atoms with Crippen LogP contribution in [0, 0.1) is 16.0 Å². The molecule has 31 heavy (non-hydrogen) atoms. The van der Waals surface area contributed by atoms with Gasteiger partial charge in [-0.15, -0.1) is 0 Å². The number of nitro groups is 1. The van der Waals surface area contributed by atoms with Crippen molar-refractivity contribution < 1.29 is 28.7 Å². The fourth-order valence-corrected chi connectivity index (χ4v) is 3.42. The smallest absolute Gasteiger partial charge is 0.329 e. The van der Waals surface area contributed by atoms with Crippen molar-refractivity contribution >= 4 is 40.8 Å². The Morgan fingerprint density at radius 3 is 2.58 bits per heavy atom. The summed E-state index contributed by atoms with van der Waals surface area (Å²) in [5, 5.41) is 13.6. The molecule has 1 amide bonds. The Bertz CT molecular complexity index is 1040. The number of ether oxygens (including phenoxy) is 3. The quantitative estimate of drug-likeness (QED) is 0.368. The van der Waals surface area contributed by atoms with Crippen molar-refractivity contribution in [3.8, 4) is 11.5 Å². The molecule has 0 saturated carbocycles. The second kappa shape index (κ2) is 9.40. The molecule has 0 fully saturated rings. The van der Waals surface area contributed by atoms with Gasteiger partial charge < -0.3 is 19.5 Å². The number of hydrogen-bond acceptors (Lipinski definition) is 7. The van der Waals surface area contributed by atoms with E-state index in [2.05, 4.69) is 5.32 Å². The Kier molecular flexibility index (Phi) is 6.87. The van der Waals surface area contributed by atoms with Crippen LogP contribution in [-0.2, 0) is 16.1 Å². The average molecular weight is 469 g/mol. The van der Waals surface area contributed by atoms with E-state index in [0.717, 1.165) is 12.1 Å². The third-order valence-corrected chi connectivity index (χ3v) is 5.08. The molecule has 2 aromatic rings. The molecule has 0 radical (unpaired) electrons. The maximum atomic E-state index is 12.6. The number of rotatable bonds is 7. The van der Waals surface area contributed by atoms with Crippen LogP contribution in [0.5, 0.6) is 11.5 Å². The Balaban J connectivity index is 1.68. The van der Waals surface area contributed by atoms with Crippen LogP contribution in [0.3, 0.4) is 0 Å². The van der Waals surface area contributed by atoms with Crippen molar-refractivity contribution in [3.05, 3.63) is 61.6 Å². The monoisotopic (exact) mass is 468 g/mol. The molecule has 0 unspecified atom stereocenters. The van der Waals surface area contributed by atoms with E-state index in [-0.39, 0.29) is 35.6 Å². The van der Waals surface area contributed by atoms with E-state index in [4.69, 9.17) is 37.4 Å². The summed E-state index contributed by atoms with van der Waals surface area (Å²) in [5.74, 6) is -0.713. The van der Waals surface area contributed by atoms with Gasteiger partial charge in [0, 0.05) is 12.1 Å². The van der Waals surface area contributed by atoms with Crippen LogP contribution in [0.4, 0.5) is 5.69 Å². The summed E-state index contributed by atoms with van der Waals surface area (Å²) in [6, 6.07) is 5.74. The zero-order valence-corrected chi connectivity index (χ0v) is 18.0. The van der Waals surface area contributed by atoms with E-state index < -0.39 is 22.8 Å². The number of nitrogens with zero attached hydrogens (tertiary/aromatic N) is 1. The molecule has 1 aliphatic heterocycles. The number of non-ortho nitro benzene ring substituents is 1. The van der Waals surface area contributed by atoms with Crippen molar-refractivity contribution in [2.45, 2.75) is 26.5 Å². The molecule has 1 heterocycles. The highest BCUT2D eigenvalue weighted by molar-refractivity contribution is 6.34. The predicted molar refractivity (Wildman–Crippen MR) is 112 cm³/mol.